The van der Waals surface area contributed by atoms with Gasteiger partial charge in [0, 0.05) is 4.90 Å². The zero-order valence-corrected chi connectivity index (χ0v) is 11.9. The molecule has 0 aromatic heterocycles. The highest BCUT2D eigenvalue weighted by Gasteiger charge is 2.31. The maximum absolute atomic E-state index is 13.5. The highest BCUT2D eigenvalue weighted by Crippen LogP contribution is 2.38. The lowest BCUT2D eigenvalue weighted by atomic mass is 10.2. The van der Waals surface area contributed by atoms with Crippen LogP contribution in [-0.4, -0.2) is 11.4 Å². The van der Waals surface area contributed by atoms with Crippen molar-refractivity contribution in [1.29, 1.82) is 0 Å². The molecule has 0 unspecified atom stereocenters. The molecule has 0 fully saturated rings. The third-order valence-corrected chi connectivity index (χ3v) is 3.45. The lowest BCUT2D eigenvalue weighted by Gasteiger charge is -2.12. The SMILES string of the molecule is O=C(Nc1ccc(F)c(F)c1F)c1ccccc1SC(F)(F)F. The maximum atomic E-state index is 13.5. The Morgan fingerprint density at radius 2 is 1.61 bits per heavy atom. The van der Waals surface area contributed by atoms with E-state index in [4.69, 9.17) is 0 Å². The van der Waals surface area contributed by atoms with E-state index < -0.39 is 51.2 Å². The second-order valence-electron chi connectivity index (χ2n) is 4.22. The number of benzene rings is 2. The van der Waals surface area contributed by atoms with E-state index in [-0.39, 0.29) is 5.56 Å². The van der Waals surface area contributed by atoms with Crippen molar-refractivity contribution in [1.82, 2.24) is 0 Å². The van der Waals surface area contributed by atoms with Gasteiger partial charge >= 0.3 is 5.51 Å². The second-order valence-corrected chi connectivity index (χ2v) is 5.33. The second kappa shape index (κ2) is 6.53. The van der Waals surface area contributed by atoms with Crippen molar-refractivity contribution in [2.75, 3.05) is 5.32 Å². The number of anilines is 1. The molecule has 2 aromatic rings. The summed E-state index contributed by atoms with van der Waals surface area (Å²) in [5.74, 6) is -5.96. The number of rotatable bonds is 3. The number of thioether (sulfide) groups is 1. The average molecular weight is 351 g/mol. The summed E-state index contributed by atoms with van der Waals surface area (Å²) < 4.78 is 76.8. The van der Waals surface area contributed by atoms with Gasteiger partial charge in [0.1, 0.15) is 0 Å². The number of hydrogen-bond donors (Lipinski definition) is 1. The van der Waals surface area contributed by atoms with Gasteiger partial charge in [0.2, 0.25) is 0 Å². The van der Waals surface area contributed by atoms with Gasteiger partial charge in [-0.3, -0.25) is 4.79 Å². The molecule has 0 aliphatic rings. The van der Waals surface area contributed by atoms with Gasteiger partial charge in [-0.05, 0) is 36.0 Å². The van der Waals surface area contributed by atoms with Crippen LogP contribution in [-0.2, 0) is 0 Å². The van der Waals surface area contributed by atoms with Crippen LogP contribution in [0.15, 0.2) is 41.3 Å². The predicted octanol–water partition coefficient (Wildman–Crippen LogP) is 4.97. The number of halogens is 6. The first-order valence-corrected chi connectivity index (χ1v) is 6.80. The van der Waals surface area contributed by atoms with E-state index in [9.17, 15) is 31.1 Å². The lowest BCUT2D eigenvalue weighted by Crippen LogP contribution is -2.15. The number of alkyl halides is 3. The Morgan fingerprint density at radius 3 is 2.26 bits per heavy atom. The van der Waals surface area contributed by atoms with E-state index in [0.717, 1.165) is 18.2 Å². The van der Waals surface area contributed by atoms with Crippen molar-refractivity contribution in [2.24, 2.45) is 0 Å². The Labute approximate surface area is 130 Å². The van der Waals surface area contributed by atoms with Crippen LogP contribution >= 0.6 is 11.8 Å². The summed E-state index contributed by atoms with van der Waals surface area (Å²) in [5.41, 5.74) is -5.68. The van der Waals surface area contributed by atoms with Crippen molar-refractivity contribution in [3.63, 3.8) is 0 Å². The van der Waals surface area contributed by atoms with E-state index in [1.54, 1.807) is 0 Å². The summed E-state index contributed by atoms with van der Waals surface area (Å²) in [6, 6.07) is 6.13. The van der Waals surface area contributed by atoms with E-state index in [0.29, 0.717) is 6.07 Å². The Kier molecular flexibility index (Phi) is 4.88. The highest BCUT2D eigenvalue weighted by molar-refractivity contribution is 8.00. The molecular weight excluding hydrogens is 344 g/mol. The van der Waals surface area contributed by atoms with E-state index in [1.807, 2.05) is 5.32 Å². The quantitative estimate of drug-likeness (QED) is 0.481. The molecule has 0 radical (unpaired) electrons. The van der Waals surface area contributed by atoms with Crippen LogP contribution in [0.2, 0.25) is 0 Å². The molecular formula is C14H7F6NOS. The highest BCUT2D eigenvalue weighted by atomic mass is 32.2. The van der Waals surface area contributed by atoms with Gasteiger partial charge in [-0.15, -0.1) is 0 Å². The zero-order chi connectivity index (χ0) is 17.2. The number of carbonyl (C=O) groups excluding carboxylic acids is 1. The largest absolute Gasteiger partial charge is 0.446 e. The van der Waals surface area contributed by atoms with Gasteiger partial charge in [-0.2, -0.15) is 13.2 Å². The molecule has 2 nitrogen and oxygen atoms in total. The van der Waals surface area contributed by atoms with Crippen LogP contribution < -0.4 is 5.32 Å². The van der Waals surface area contributed by atoms with Crippen LogP contribution in [0.25, 0.3) is 0 Å². The molecule has 0 aliphatic carbocycles. The Hall–Kier alpha value is -2.16. The number of hydrogen-bond acceptors (Lipinski definition) is 2. The van der Waals surface area contributed by atoms with E-state index in [2.05, 4.69) is 0 Å². The number of nitrogens with one attached hydrogen (secondary N) is 1. The first kappa shape index (κ1) is 17.2. The monoisotopic (exact) mass is 351 g/mol. The normalized spacial score (nSPS) is 11.4. The first-order chi connectivity index (χ1) is 10.7. The molecule has 2 rings (SSSR count). The third kappa shape index (κ3) is 4.19. The topological polar surface area (TPSA) is 29.1 Å². The molecule has 9 heteroatoms. The van der Waals surface area contributed by atoms with Crippen molar-refractivity contribution < 1.29 is 31.1 Å². The summed E-state index contributed by atoms with van der Waals surface area (Å²) in [6.45, 7) is 0. The van der Waals surface area contributed by atoms with E-state index in [1.165, 1.54) is 12.1 Å². The molecule has 1 amide bonds. The fraction of sp³-hybridized carbons (Fsp3) is 0.0714. The summed E-state index contributed by atoms with van der Waals surface area (Å²) in [7, 11) is 0. The molecule has 122 valence electrons. The fourth-order valence-electron chi connectivity index (χ4n) is 1.68. The van der Waals surface area contributed by atoms with Crippen molar-refractivity contribution in [2.45, 2.75) is 10.4 Å². The van der Waals surface area contributed by atoms with Crippen molar-refractivity contribution >= 4 is 23.4 Å². The van der Waals surface area contributed by atoms with Crippen LogP contribution in [0.5, 0.6) is 0 Å². The van der Waals surface area contributed by atoms with Crippen LogP contribution in [0.1, 0.15) is 10.4 Å². The fourth-order valence-corrected chi connectivity index (χ4v) is 2.35. The van der Waals surface area contributed by atoms with Gasteiger partial charge < -0.3 is 5.32 Å². The number of amides is 1. The minimum absolute atomic E-state index is 0.376. The molecule has 0 saturated heterocycles. The van der Waals surface area contributed by atoms with Gasteiger partial charge in [-0.25, -0.2) is 13.2 Å². The van der Waals surface area contributed by atoms with Crippen LogP contribution in [0, 0.1) is 17.5 Å². The van der Waals surface area contributed by atoms with Gasteiger partial charge in [0.25, 0.3) is 5.91 Å². The molecule has 0 aliphatic heterocycles. The average Bonchev–Trinajstić information content (AvgIpc) is 2.46. The summed E-state index contributed by atoms with van der Waals surface area (Å²) in [5, 5.41) is 1.92. The van der Waals surface area contributed by atoms with Crippen LogP contribution in [0.4, 0.5) is 32.0 Å². The third-order valence-electron chi connectivity index (χ3n) is 2.64. The smallest absolute Gasteiger partial charge is 0.319 e. The summed E-state index contributed by atoms with van der Waals surface area (Å²) in [4.78, 5) is 11.6. The van der Waals surface area contributed by atoms with Crippen molar-refractivity contribution in [3.8, 4) is 0 Å². The van der Waals surface area contributed by atoms with Gasteiger partial charge in [0.05, 0.1) is 11.3 Å². The summed E-state index contributed by atoms with van der Waals surface area (Å²) in [6.07, 6.45) is 0. The predicted molar refractivity (Wildman–Crippen MR) is 72.6 cm³/mol. The molecule has 0 heterocycles. The lowest BCUT2D eigenvalue weighted by molar-refractivity contribution is -0.0328. The van der Waals surface area contributed by atoms with Crippen molar-refractivity contribution in [3.05, 3.63) is 59.4 Å². The minimum Gasteiger partial charge on any atom is -0.319 e. The van der Waals surface area contributed by atoms with Crippen LogP contribution in [0.3, 0.4) is 0 Å². The first-order valence-electron chi connectivity index (χ1n) is 5.98. The Bertz CT molecular complexity index is 747. The maximum Gasteiger partial charge on any atom is 0.446 e. The minimum atomic E-state index is -4.62. The van der Waals surface area contributed by atoms with Gasteiger partial charge in [-0.1, -0.05) is 12.1 Å². The molecule has 1 N–H and O–H groups in total. The van der Waals surface area contributed by atoms with E-state index >= 15 is 0 Å². The molecule has 0 spiro atoms. The zero-order valence-electron chi connectivity index (χ0n) is 11.0. The standard InChI is InChI=1S/C14H7F6NOS/c15-8-5-6-9(12(17)11(8)16)21-13(22)7-3-1-2-4-10(7)23-14(18,19)20/h1-6H,(H,21,22). The molecule has 23 heavy (non-hydrogen) atoms. The number of carbonyl (C=O) groups is 1. The Morgan fingerprint density at radius 1 is 0.957 bits per heavy atom. The molecule has 0 saturated carbocycles. The Balaban J connectivity index is 2.30. The summed E-state index contributed by atoms with van der Waals surface area (Å²) >= 11 is -0.513. The molecule has 0 atom stereocenters. The van der Waals surface area contributed by atoms with Gasteiger partial charge in [0.15, 0.2) is 17.5 Å². The molecule has 0 bridgehead atoms. The molecule has 2 aromatic carbocycles.